The van der Waals surface area contributed by atoms with Crippen molar-refractivity contribution in [2.45, 2.75) is 13.0 Å². The Labute approximate surface area is 93.6 Å². The fourth-order valence-electron chi connectivity index (χ4n) is 1.26. The van der Waals surface area contributed by atoms with E-state index in [2.05, 4.69) is 5.32 Å². The number of hydrogen-bond acceptors (Lipinski definition) is 3. The van der Waals surface area contributed by atoms with Gasteiger partial charge in [0.05, 0.1) is 12.3 Å². The van der Waals surface area contributed by atoms with Gasteiger partial charge in [0.2, 0.25) is 5.91 Å². The number of carbonyl (C=O) groups excluding carboxylic acids is 1. The van der Waals surface area contributed by atoms with Gasteiger partial charge in [0.1, 0.15) is 11.9 Å². The van der Waals surface area contributed by atoms with Crippen molar-refractivity contribution >= 4 is 11.6 Å². The number of halogens is 1. The predicted molar refractivity (Wildman–Crippen MR) is 59.6 cm³/mol. The van der Waals surface area contributed by atoms with Gasteiger partial charge in [-0.2, -0.15) is 0 Å². The fraction of sp³-hybridized carbons (Fsp3) is 0.364. The van der Waals surface area contributed by atoms with Crippen LogP contribution in [0.25, 0.3) is 0 Å². The molecule has 0 spiro atoms. The first-order chi connectivity index (χ1) is 7.56. The number of nitrogens with one attached hydrogen (secondary N) is 1. The molecule has 1 rings (SSSR count). The number of amides is 1. The van der Waals surface area contributed by atoms with Crippen LogP contribution in [0.4, 0.5) is 10.1 Å². The third-order valence-corrected chi connectivity index (χ3v) is 2.15. The minimum absolute atomic E-state index is 0.0966. The van der Waals surface area contributed by atoms with Crippen molar-refractivity contribution in [1.29, 1.82) is 0 Å². The number of nitrogens with two attached hydrogens (primary N) is 1. The number of ether oxygens (including phenoxy) is 1. The minimum atomic E-state index is -0.802. The summed E-state index contributed by atoms with van der Waals surface area (Å²) >= 11 is 0. The highest BCUT2D eigenvalue weighted by atomic mass is 19.1. The van der Waals surface area contributed by atoms with Crippen LogP contribution in [0.1, 0.15) is 5.56 Å². The summed E-state index contributed by atoms with van der Waals surface area (Å²) in [5.41, 5.74) is 6.33. The normalized spacial score (nSPS) is 12.2. The van der Waals surface area contributed by atoms with Gasteiger partial charge < -0.3 is 15.8 Å². The molecule has 1 aromatic rings. The molecule has 0 saturated heterocycles. The Balaban J connectivity index is 2.77. The standard InChI is InChI=1S/C11H15FN2O2/c1-7-4-3-5-8(12)10(7)14-11(15)9(13)6-16-2/h3-5,9H,6,13H2,1-2H3,(H,14,15). The topological polar surface area (TPSA) is 64.3 Å². The molecule has 1 amide bonds. The Morgan fingerprint density at radius 2 is 2.31 bits per heavy atom. The summed E-state index contributed by atoms with van der Waals surface area (Å²) in [6.45, 7) is 1.81. The highest BCUT2D eigenvalue weighted by molar-refractivity contribution is 5.95. The zero-order chi connectivity index (χ0) is 12.1. The van der Waals surface area contributed by atoms with Crippen LogP contribution >= 0.6 is 0 Å². The second-order valence-electron chi connectivity index (χ2n) is 3.48. The molecule has 0 saturated carbocycles. The van der Waals surface area contributed by atoms with E-state index < -0.39 is 17.8 Å². The van der Waals surface area contributed by atoms with Gasteiger partial charge in [0, 0.05) is 7.11 Å². The smallest absolute Gasteiger partial charge is 0.243 e. The molecule has 1 atom stereocenters. The van der Waals surface area contributed by atoms with Gasteiger partial charge in [-0.1, -0.05) is 12.1 Å². The number of carbonyl (C=O) groups is 1. The zero-order valence-electron chi connectivity index (χ0n) is 9.29. The first kappa shape index (κ1) is 12.6. The maximum Gasteiger partial charge on any atom is 0.243 e. The van der Waals surface area contributed by atoms with Crippen molar-refractivity contribution in [1.82, 2.24) is 0 Å². The summed E-state index contributed by atoms with van der Waals surface area (Å²) < 4.78 is 18.1. The lowest BCUT2D eigenvalue weighted by Gasteiger charge is -2.13. The maximum atomic E-state index is 13.4. The van der Waals surface area contributed by atoms with Gasteiger partial charge in [-0.05, 0) is 18.6 Å². The molecule has 3 N–H and O–H groups in total. The second-order valence-corrected chi connectivity index (χ2v) is 3.48. The van der Waals surface area contributed by atoms with Crippen molar-refractivity contribution in [2.75, 3.05) is 19.0 Å². The highest BCUT2D eigenvalue weighted by Crippen LogP contribution is 2.18. The van der Waals surface area contributed by atoms with Gasteiger partial charge in [0.15, 0.2) is 0 Å². The molecule has 0 aromatic heterocycles. The lowest BCUT2D eigenvalue weighted by Crippen LogP contribution is -2.39. The second kappa shape index (κ2) is 5.58. The first-order valence-corrected chi connectivity index (χ1v) is 4.86. The van der Waals surface area contributed by atoms with Crippen molar-refractivity contribution in [3.8, 4) is 0 Å². The average molecular weight is 226 g/mol. The Bertz CT molecular complexity index is 362. The van der Waals surface area contributed by atoms with E-state index in [1.54, 1.807) is 19.1 Å². The number of methoxy groups -OCH3 is 1. The van der Waals surface area contributed by atoms with Crippen LogP contribution in [-0.2, 0) is 9.53 Å². The van der Waals surface area contributed by atoms with E-state index in [0.717, 1.165) is 0 Å². The molecule has 0 aliphatic rings. The third-order valence-electron chi connectivity index (χ3n) is 2.15. The van der Waals surface area contributed by atoms with Gasteiger partial charge >= 0.3 is 0 Å². The van der Waals surface area contributed by atoms with E-state index in [-0.39, 0.29) is 12.3 Å². The summed E-state index contributed by atoms with van der Waals surface area (Å²) in [6.07, 6.45) is 0. The van der Waals surface area contributed by atoms with Crippen molar-refractivity contribution < 1.29 is 13.9 Å². The Hall–Kier alpha value is -1.46. The molecule has 1 aromatic carbocycles. The average Bonchev–Trinajstić information content (AvgIpc) is 2.23. The summed E-state index contributed by atoms with van der Waals surface area (Å²) in [5, 5.41) is 2.44. The number of benzene rings is 1. The summed E-state index contributed by atoms with van der Waals surface area (Å²) in [7, 11) is 1.45. The van der Waals surface area contributed by atoms with Crippen LogP contribution in [0.15, 0.2) is 18.2 Å². The molecule has 0 bridgehead atoms. The molecule has 0 aliphatic carbocycles. The molecule has 0 fully saturated rings. The Morgan fingerprint density at radius 1 is 1.62 bits per heavy atom. The SMILES string of the molecule is COCC(N)C(=O)Nc1c(C)cccc1F. The van der Waals surface area contributed by atoms with Gasteiger partial charge in [-0.3, -0.25) is 4.79 Å². The Kier molecular flexibility index (Phi) is 4.39. The number of hydrogen-bond donors (Lipinski definition) is 2. The van der Waals surface area contributed by atoms with Crippen molar-refractivity contribution in [3.05, 3.63) is 29.6 Å². The quantitative estimate of drug-likeness (QED) is 0.806. The largest absolute Gasteiger partial charge is 0.383 e. The van der Waals surface area contributed by atoms with E-state index in [1.165, 1.54) is 13.2 Å². The molecule has 0 heterocycles. The van der Waals surface area contributed by atoms with Crippen LogP contribution in [0, 0.1) is 12.7 Å². The monoisotopic (exact) mass is 226 g/mol. The number of anilines is 1. The van der Waals surface area contributed by atoms with Gasteiger partial charge in [-0.15, -0.1) is 0 Å². The van der Waals surface area contributed by atoms with Gasteiger partial charge in [-0.25, -0.2) is 4.39 Å². The van der Waals surface area contributed by atoms with Crippen LogP contribution in [-0.4, -0.2) is 25.7 Å². The number of para-hydroxylation sites is 1. The predicted octanol–water partition coefficient (Wildman–Crippen LogP) is 1.05. The Morgan fingerprint density at radius 3 is 2.88 bits per heavy atom. The van der Waals surface area contributed by atoms with Crippen LogP contribution in [0.3, 0.4) is 0 Å². The van der Waals surface area contributed by atoms with Crippen molar-refractivity contribution in [2.24, 2.45) is 5.73 Å². The molecule has 0 aliphatic heterocycles. The van der Waals surface area contributed by atoms with E-state index in [0.29, 0.717) is 5.56 Å². The zero-order valence-corrected chi connectivity index (χ0v) is 9.29. The fourth-order valence-corrected chi connectivity index (χ4v) is 1.26. The van der Waals surface area contributed by atoms with E-state index in [9.17, 15) is 9.18 Å². The molecule has 88 valence electrons. The van der Waals surface area contributed by atoms with Gasteiger partial charge in [0.25, 0.3) is 0 Å². The molecule has 4 nitrogen and oxygen atoms in total. The highest BCUT2D eigenvalue weighted by Gasteiger charge is 2.15. The van der Waals surface area contributed by atoms with Crippen LogP contribution in [0.5, 0.6) is 0 Å². The summed E-state index contributed by atoms with van der Waals surface area (Å²) in [5.74, 6) is -0.937. The van der Waals surface area contributed by atoms with E-state index in [4.69, 9.17) is 10.5 Å². The van der Waals surface area contributed by atoms with E-state index >= 15 is 0 Å². The summed E-state index contributed by atoms with van der Waals surface area (Å²) in [4.78, 5) is 11.5. The molecular formula is C11H15FN2O2. The molecule has 16 heavy (non-hydrogen) atoms. The lowest BCUT2D eigenvalue weighted by molar-refractivity contribution is -0.118. The molecule has 5 heteroatoms. The molecule has 1 unspecified atom stereocenters. The third kappa shape index (κ3) is 3.01. The molecular weight excluding hydrogens is 211 g/mol. The maximum absolute atomic E-state index is 13.4. The van der Waals surface area contributed by atoms with Crippen molar-refractivity contribution in [3.63, 3.8) is 0 Å². The number of rotatable bonds is 4. The number of aryl methyl sites for hydroxylation is 1. The minimum Gasteiger partial charge on any atom is -0.383 e. The summed E-state index contributed by atoms with van der Waals surface area (Å²) in [6, 6.07) is 3.77. The van der Waals surface area contributed by atoms with Crippen LogP contribution in [0.2, 0.25) is 0 Å². The van der Waals surface area contributed by atoms with Crippen LogP contribution < -0.4 is 11.1 Å². The van der Waals surface area contributed by atoms with E-state index in [1.807, 2.05) is 0 Å². The first-order valence-electron chi connectivity index (χ1n) is 4.86. The molecule has 0 radical (unpaired) electrons. The lowest BCUT2D eigenvalue weighted by atomic mass is 10.2.